The molecule has 2 aromatic rings. The highest BCUT2D eigenvalue weighted by Gasteiger charge is 2.23. The lowest BCUT2D eigenvalue weighted by Crippen LogP contribution is -2.37. The van der Waals surface area contributed by atoms with Gasteiger partial charge in [0.2, 0.25) is 0 Å². The van der Waals surface area contributed by atoms with Crippen LogP contribution in [0, 0.1) is 0 Å². The Morgan fingerprint density at radius 1 is 1.21 bits per heavy atom. The van der Waals surface area contributed by atoms with Crippen molar-refractivity contribution >= 4 is 27.6 Å². The fourth-order valence-electron chi connectivity index (χ4n) is 2.63. The molecule has 0 radical (unpaired) electrons. The highest BCUT2D eigenvalue weighted by Crippen LogP contribution is 2.29. The third-order valence-corrected chi connectivity index (χ3v) is 4.62. The highest BCUT2D eigenvalue weighted by atomic mass is 79.9. The predicted octanol–water partition coefficient (Wildman–Crippen LogP) is 5.46. The largest absolute Gasteiger partial charge is 0.495 e. The maximum Gasteiger partial charge on any atom is 0.322 e. The summed E-state index contributed by atoms with van der Waals surface area (Å²) in [5, 5.41) is 2.96. The molecular weight excluding hydrogens is 368 g/mol. The molecule has 1 unspecified atom stereocenters. The van der Waals surface area contributed by atoms with Crippen molar-refractivity contribution in [2.45, 2.75) is 26.3 Å². The Hall–Kier alpha value is -2.01. The third-order valence-electron chi connectivity index (χ3n) is 3.90. The SMILES string of the molecule is CCCN(C(=O)Nc1ccccc1OC)C(C)c1ccccc1Br. The van der Waals surface area contributed by atoms with E-state index in [1.54, 1.807) is 7.11 Å². The molecule has 5 heteroatoms. The number of nitrogens with one attached hydrogen (secondary N) is 1. The summed E-state index contributed by atoms with van der Waals surface area (Å²) < 4.78 is 6.31. The first-order valence-corrected chi connectivity index (χ1v) is 8.82. The summed E-state index contributed by atoms with van der Waals surface area (Å²) in [7, 11) is 1.60. The number of urea groups is 1. The molecule has 0 heterocycles. The number of hydrogen-bond donors (Lipinski definition) is 1. The Morgan fingerprint density at radius 3 is 2.54 bits per heavy atom. The number of carbonyl (C=O) groups excluding carboxylic acids is 1. The van der Waals surface area contributed by atoms with Crippen molar-refractivity contribution in [3.63, 3.8) is 0 Å². The van der Waals surface area contributed by atoms with E-state index in [1.807, 2.05) is 60.4 Å². The number of anilines is 1. The van der Waals surface area contributed by atoms with E-state index in [2.05, 4.69) is 28.2 Å². The van der Waals surface area contributed by atoms with Crippen molar-refractivity contribution in [2.24, 2.45) is 0 Å². The van der Waals surface area contributed by atoms with Crippen LogP contribution in [-0.2, 0) is 0 Å². The minimum Gasteiger partial charge on any atom is -0.495 e. The number of rotatable bonds is 6. The molecule has 0 saturated carbocycles. The van der Waals surface area contributed by atoms with Gasteiger partial charge in [-0.05, 0) is 37.1 Å². The van der Waals surface area contributed by atoms with Crippen LogP contribution in [0.15, 0.2) is 53.0 Å². The minimum absolute atomic E-state index is 0.0461. The van der Waals surface area contributed by atoms with Crippen molar-refractivity contribution < 1.29 is 9.53 Å². The number of carbonyl (C=O) groups is 1. The molecule has 0 fully saturated rings. The minimum atomic E-state index is -0.135. The van der Waals surface area contributed by atoms with Crippen molar-refractivity contribution in [2.75, 3.05) is 19.0 Å². The van der Waals surface area contributed by atoms with Gasteiger partial charge in [0.25, 0.3) is 0 Å². The molecule has 0 bridgehead atoms. The lowest BCUT2D eigenvalue weighted by atomic mass is 10.1. The van der Waals surface area contributed by atoms with Gasteiger partial charge >= 0.3 is 6.03 Å². The van der Waals surface area contributed by atoms with Crippen molar-refractivity contribution in [1.29, 1.82) is 0 Å². The monoisotopic (exact) mass is 390 g/mol. The molecule has 2 amide bonds. The molecule has 0 aromatic heterocycles. The fourth-order valence-corrected chi connectivity index (χ4v) is 3.24. The van der Waals surface area contributed by atoms with Crippen molar-refractivity contribution in [1.82, 2.24) is 4.90 Å². The average molecular weight is 391 g/mol. The normalized spacial score (nSPS) is 11.7. The Morgan fingerprint density at radius 2 is 1.88 bits per heavy atom. The number of ether oxygens (including phenoxy) is 1. The van der Waals surface area contributed by atoms with Gasteiger partial charge in [0.15, 0.2) is 0 Å². The fraction of sp³-hybridized carbons (Fsp3) is 0.316. The number of para-hydroxylation sites is 2. The summed E-state index contributed by atoms with van der Waals surface area (Å²) in [5.74, 6) is 0.649. The van der Waals surface area contributed by atoms with Crippen molar-refractivity contribution in [3.05, 3.63) is 58.6 Å². The van der Waals surface area contributed by atoms with Crippen LogP contribution in [0.2, 0.25) is 0 Å². The molecule has 1 atom stereocenters. The van der Waals surface area contributed by atoms with Crippen LogP contribution in [0.3, 0.4) is 0 Å². The summed E-state index contributed by atoms with van der Waals surface area (Å²) in [6.45, 7) is 4.77. The van der Waals surface area contributed by atoms with Crippen molar-refractivity contribution in [3.8, 4) is 5.75 Å². The summed E-state index contributed by atoms with van der Waals surface area (Å²) in [5.41, 5.74) is 1.76. The molecule has 24 heavy (non-hydrogen) atoms. The average Bonchev–Trinajstić information content (AvgIpc) is 2.60. The van der Waals surface area contributed by atoms with E-state index in [0.717, 1.165) is 16.5 Å². The van der Waals surface area contributed by atoms with Crippen LogP contribution in [0.25, 0.3) is 0 Å². The predicted molar refractivity (Wildman–Crippen MR) is 102 cm³/mol. The van der Waals surface area contributed by atoms with Gasteiger partial charge < -0.3 is 15.0 Å². The molecule has 0 aliphatic rings. The molecule has 0 saturated heterocycles. The number of halogens is 1. The van der Waals surface area contributed by atoms with Crippen LogP contribution in [0.5, 0.6) is 5.75 Å². The van der Waals surface area contributed by atoms with Gasteiger partial charge in [-0.15, -0.1) is 0 Å². The summed E-state index contributed by atoms with van der Waals surface area (Å²) >= 11 is 3.58. The van der Waals surface area contributed by atoms with E-state index in [1.165, 1.54) is 0 Å². The van der Waals surface area contributed by atoms with Crippen LogP contribution in [0.1, 0.15) is 31.9 Å². The second-order valence-corrected chi connectivity index (χ2v) is 6.38. The van der Waals surface area contributed by atoms with Gasteiger partial charge in [-0.2, -0.15) is 0 Å². The van der Waals surface area contributed by atoms with Gasteiger partial charge in [0, 0.05) is 11.0 Å². The lowest BCUT2D eigenvalue weighted by molar-refractivity contribution is 0.192. The van der Waals surface area contributed by atoms with E-state index in [0.29, 0.717) is 18.0 Å². The van der Waals surface area contributed by atoms with E-state index in [-0.39, 0.29) is 12.1 Å². The number of nitrogens with zero attached hydrogens (tertiary/aromatic N) is 1. The first-order valence-electron chi connectivity index (χ1n) is 8.03. The van der Waals surface area contributed by atoms with Crippen LogP contribution in [0.4, 0.5) is 10.5 Å². The molecule has 4 nitrogen and oxygen atoms in total. The maximum atomic E-state index is 12.8. The second kappa shape index (κ2) is 8.73. The lowest BCUT2D eigenvalue weighted by Gasteiger charge is -2.30. The Balaban J connectivity index is 2.23. The summed E-state index contributed by atoms with van der Waals surface area (Å²) in [6.07, 6.45) is 0.883. The number of amides is 2. The highest BCUT2D eigenvalue weighted by molar-refractivity contribution is 9.10. The zero-order valence-corrected chi connectivity index (χ0v) is 15.8. The number of methoxy groups -OCH3 is 1. The second-order valence-electron chi connectivity index (χ2n) is 5.52. The molecule has 1 N–H and O–H groups in total. The molecule has 2 aromatic carbocycles. The van der Waals surface area contributed by atoms with E-state index < -0.39 is 0 Å². The molecule has 2 rings (SSSR count). The van der Waals surface area contributed by atoms with Crippen LogP contribution < -0.4 is 10.1 Å². The third kappa shape index (κ3) is 4.29. The van der Waals surface area contributed by atoms with Gasteiger partial charge in [0.1, 0.15) is 5.75 Å². The van der Waals surface area contributed by atoms with Gasteiger partial charge in [0.05, 0.1) is 18.8 Å². The van der Waals surface area contributed by atoms with Crippen LogP contribution in [-0.4, -0.2) is 24.6 Å². The van der Waals surface area contributed by atoms with E-state index in [9.17, 15) is 4.79 Å². The number of benzene rings is 2. The molecule has 0 aliphatic heterocycles. The summed E-state index contributed by atoms with van der Waals surface area (Å²) in [4.78, 5) is 14.7. The maximum absolute atomic E-state index is 12.8. The number of hydrogen-bond acceptors (Lipinski definition) is 2. The summed E-state index contributed by atoms with van der Waals surface area (Å²) in [6, 6.07) is 15.2. The molecule has 128 valence electrons. The Kier molecular flexibility index (Phi) is 6.67. The van der Waals surface area contributed by atoms with Crippen LogP contribution >= 0.6 is 15.9 Å². The molecule has 0 aliphatic carbocycles. The zero-order chi connectivity index (χ0) is 17.5. The standard InChI is InChI=1S/C19H23BrN2O2/c1-4-13-22(14(2)15-9-5-6-10-16(15)20)19(23)21-17-11-7-8-12-18(17)24-3/h5-12,14H,4,13H2,1-3H3,(H,21,23). The van der Waals surface area contributed by atoms with Gasteiger partial charge in [-0.1, -0.05) is 53.2 Å². The molecular formula is C19H23BrN2O2. The van der Waals surface area contributed by atoms with Gasteiger partial charge in [-0.25, -0.2) is 4.79 Å². The van der Waals surface area contributed by atoms with Gasteiger partial charge in [-0.3, -0.25) is 0 Å². The first-order chi connectivity index (χ1) is 11.6. The Bertz CT molecular complexity index is 691. The topological polar surface area (TPSA) is 41.6 Å². The quantitative estimate of drug-likeness (QED) is 0.710. The first kappa shape index (κ1) is 18.3. The van der Waals surface area contributed by atoms with E-state index >= 15 is 0 Å². The van der Waals surface area contributed by atoms with E-state index in [4.69, 9.17) is 4.74 Å². The molecule has 0 spiro atoms. The Labute approximate surface area is 151 Å². The zero-order valence-electron chi connectivity index (χ0n) is 14.3. The smallest absolute Gasteiger partial charge is 0.322 e.